The van der Waals surface area contributed by atoms with Crippen LogP contribution in [0.4, 0.5) is 5.69 Å². The van der Waals surface area contributed by atoms with Crippen molar-refractivity contribution < 1.29 is 4.79 Å². The molecule has 3 nitrogen and oxygen atoms in total. The van der Waals surface area contributed by atoms with Gasteiger partial charge in [-0.3, -0.25) is 0 Å². The number of halogens is 1. The van der Waals surface area contributed by atoms with E-state index in [4.69, 9.17) is 0 Å². The fourth-order valence-electron chi connectivity index (χ4n) is 2.58. The van der Waals surface area contributed by atoms with Crippen molar-refractivity contribution in [3.05, 3.63) is 69.8 Å². The van der Waals surface area contributed by atoms with E-state index in [1.807, 2.05) is 54.4 Å². The number of benzene rings is 2. The Morgan fingerprint density at radius 2 is 1.71 bits per heavy atom. The first-order chi connectivity index (χ1) is 11.5. The fourth-order valence-corrected chi connectivity index (χ4v) is 3.45. The van der Waals surface area contributed by atoms with E-state index in [9.17, 15) is 4.79 Å². The molecule has 122 valence electrons. The molecule has 1 aliphatic heterocycles. The number of carbonyl (C=O) groups excluding carboxylic acids is 1. The van der Waals surface area contributed by atoms with Gasteiger partial charge in [0.1, 0.15) is 0 Å². The molecule has 5 heteroatoms. The predicted octanol–water partition coefficient (Wildman–Crippen LogP) is 3.59. The second-order valence-corrected chi connectivity index (χ2v) is 7.27. The van der Waals surface area contributed by atoms with Crippen molar-refractivity contribution >= 4 is 53.8 Å². The molecule has 2 aromatic carbocycles. The minimum absolute atomic E-state index is 0.0292. The summed E-state index contributed by atoms with van der Waals surface area (Å²) in [6, 6.07) is 16.0. The van der Waals surface area contributed by atoms with Crippen LogP contribution in [0.2, 0.25) is 0 Å². The van der Waals surface area contributed by atoms with Crippen molar-refractivity contribution in [1.29, 1.82) is 0 Å². The van der Waals surface area contributed by atoms with Gasteiger partial charge in [0.05, 0.1) is 0 Å². The molecule has 2 aromatic rings. The number of nitrogens with zero attached hydrogens (tertiary/aromatic N) is 2. The van der Waals surface area contributed by atoms with Gasteiger partial charge in [0.15, 0.2) is 0 Å². The van der Waals surface area contributed by atoms with Gasteiger partial charge >= 0.3 is 159 Å². The first-order valence-electron chi connectivity index (χ1n) is 7.69. The van der Waals surface area contributed by atoms with E-state index in [1.54, 1.807) is 4.90 Å². The zero-order valence-corrected chi connectivity index (χ0v) is 16.8. The third-order valence-corrected chi connectivity index (χ3v) is 5.52. The molecule has 0 aromatic heterocycles. The Hall–Kier alpha value is -1.68. The van der Waals surface area contributed by atoms with Crippen molar-refractivity contribution in [2.24, 2.45) is 0 Å². The van der Waals surface area contributed by atoms with Gasteiger partial charge in [0.2, 0.25) is 0 Å². The van der Waals surface area contributed by atoms with Crippen LogP contribution in [-0.2, 0) is 11.2 Å². The van der Waals surface area contributed by atoms with E-state index in [2.05, 4.69) is 50.6 Å². The van der Waals surface area contributed by atoms with Crippen LogP contribution in [0.5, 0.6) is 0 Å². The van der Waals surface area contributed by atoms with Gasteiger partial charge < -0.3 is 0 Å². The molecule has 0 N–H and O–H groups in total. The zero-order chi connectivity index (χ0) is 17.3. The fraction of sp³-hybridized carbons (Fsp3) is 0.158. The summed E-state index contributed by atoms with van der Waals surface area (Å²) in [6.07, 6.45) is 2.89. The van der Waals surface area contributed by atoms with Crippen LogP contribution in [0.25, 0.3) is 6.08 Å². The minimum atomic E-state index is -0.0292. The van der Waals surface area contributed by atoms with Crippen LogP contribution < -0.4 is 4.90 Å². The summed E-state index contributed by atoms with van der Waals surface area (Å²) in [5, 5.41) is 0. The third-order valence-electron chi connectivity index (χ3n) is 4.04. The molecule has 24 heavy (non-hydrogen) atoms. The molecular formula is C19H17BrN2OSe. The quantitative estimate of drug-likeness (QED) is 0.530. The number of anilines is 1. The molecule has 1 saturated heterocycles. The standard InChI is InChI=1S/C19H17BrN2OSe/c1-3-13-6-10-16(11-7-13)22-18(23)17(21(2)19(22)24)12-14-4-8-15(20)9-5-14/h4-12H,3H2,1-2H3. The van der Waals surface area contributed by atoms with Gasteiger partial charge in [-0.05, 0) is 0 Å². The summed E-state index contributed by atoms with van der Waals surface area (Å²) < 4.78 is 1.80. The molecule has 0 aliphatic carbocycles. The second kappa shape index (κ2) is 7.06. The van der Waals surface area contributed by atoms with E-state index in [1.165, 1.54) is 5.56 Å². The summed E-state index contributed by atoms with van der Waals surface area (Å²) in [5.41, 5.74) is 3.76. The van der Waals surface area contributed by atoms with Crippen LogP contribution in [0, 0.1) is 0 Å². The number of likely N-dealkylation sites (N-methyl/N-ethyl adjacent to an activating group) is 1. The Balaban J connectivity index is 1.95. The van der Waals surface area contributed by atoms with E-state index < -0.39 is 0 Å². The van der Waals surface area contributed by atoms with Crippen molar-refractivity contribution in [3.8, 4) is 0 Å². The Labute approximate surface area is 158 Å². The maximum absolute atomic E-state index is 12.9. The molecule has 0 saturated carbocycles. The normalized spacial score (nSPS) is 16.4. The topological polar surface area (TPSA) is 23.6 Å². The van der Waals surface area contributed by atoms with Crippen LogP contribution in [0.15, 0.2) is 58.7 Å². The molecule has 3 rings (SSSR count). The van der Waals surface area contributed by atoms with E-state index >= 15 is 0 Å². The maximum atomic E-state index is 12.9. The zero-order valence-electron chi connectivity index (χ0n) is 13.5. The molecule has 1 aliphatic rings. The number of carbonyl (C=O) groups is 1. The summed E-state index contributed by atoms with van der Waals surface area (Å²) in [4.78, 5) is 16.5. The SMILES string of the molecule is CCc1ccc(N2C(=O)C(=Cc3ccc(Br)cc3)N(C)C2=[Se])cc1. The van der Waals surface area contributed by atoms with Crippen molar-refractivity contribution in [2.75, 3.05) is 11.9 Å². The summed E-state index contributed by atoms with van der Waals surface area (Å²) in [6.45, 7) is 2.12. The van der Waals surface area contributed by atoms with Crippen LogP contribution in [-0.4, -0.2) is 38.1 Å². The van der Waals surface area contributed by atoms with Gasteiger partial charge in [-0.25, -0.2) is 0 Å². The van der Waals surface area contributed by atoms with E-state index in [0.717, 1.165) is 26.8 Å². The molecular weight excluding hydrogens is 431 g/mol. The number of rotatable bonds is 3. The molecule has 1 amide bonds. The van der Waals surface area contributed by atoms with Gasteiger partial charge in [0, 0.05) is 0 Å². The summed E-state index contributed by atoms with van der Waals surface area (Å²) in [5.74, 6) is -0.0292. The number of amides is 1. The molecule has 0 spiro atoms. The average Bonchev–Trinajstić information content (AvgIpc) is 2.80. The molecule has 0 bridgehead atoms. The first kappa shape index (κ1) is 17.2. The molecule has 1 fully saturated rings. The van der Waals surface area contributed by atoms with E-state index in [0.29, 0.717) is 5.70 Å². The Morgan fingerprint density at radius 1 is 1.08 bits per heavy atom. The average molecular weight is 448 g/mol. The predicted molar refractivity (Wildman–Crippen MR) is 104 cm³/mol. The number of aryl methyl sites for hydroxylation is 1. The van der Waals surface area contributed by atoms with Gasteiger partial charge in [-0.15, -0.1) is 0 Å². The Bertz CT molecular complexity index is 812. The van der Waals surface area contributed by atoms with Crippen molar-refractivity contribution in [3.63, 3.8) is 0 Å². The first-order valence-corrected chi connectivity index (χ1v) is 9.34. The van der Waals surface area contributed by atoms with Crippen molar-refractivity contribution in [2.45, 2.75) is 13.3 Å². The van der Waals surface area contributed by atoms with Gasteiger partial charge in [-0.2, -0.15) is 0 Å². The number of hydrogen-bond donors (Lipinski definition) is 0. The van der Waals surface area contributed by atoms with E-state index in [-0.39, 0.29) is 5.91 Å². The molecule has 1 heterocycles. The number of hydrogen-bond acceptors (Lipinski definition) is 2. The summed E-state index contributed by atoms with van der Waals surface area (Å²) >= 11 is 6.45. The van der Waals surface area contributed by atoms with Crippen LogP contribution in [0.1, 0.15) is 18.1 Å². The second-order valence-electron chi connectivity index (χ2n) is 5.58. The molecule has 0 atom stereocenters. The summed E-state index contributed by atoms with van der Waals surface area (Å²) in [7, 11) is 1.90. The third kappa shape index (κ3) is 3.25. The monoisotopic (exact) mass is 448 g/mol. The van der Waals surface area contributed by atoms with Crippen LogP contribution >= 0.6 is 15.9 Å². The van der Waals surface area contributed by atoms with Gasteiger partial charge in [-0.1, -0.05) is 0 Å². The van der Waals surface area contributed by atoms with Gasteiger partial charge in [0.25, 0.3) is 0 Å². The Morgan fingerprint density at radius 3 is 2.29 bits per heavy atom. The van der Waals surface area contributed by atoms with Crippen LogP contribution in [0.3, 0.4) is 0 Å². The Kier molecular flexibility index (Phi) is 5.04. The molecule has 0 unspecified atom stereocenters. The van der Waals surface area contributed by atoms with Crippen molar-refractivity contribution in [1.82, 2.24) is 4.90 Å². The molecule has 0 radical (unpaired) electrons.